The van der Waals surface area contributed by atoms with Gasteiger partial charge in [-0.05, 0) is 48.2 Å². The zero-order chi connectivity index (χ0) is 25.1. The van der Waals surface area contributed by atoms with Crippen LogP contribution in [0.5, 0.6) is 11.5 Å². The number of halogens is 1. The van der Waals surface area contributed by atoms with E-state index < -0.39 is 0 Å². The first-order valence-corrected chi connectivity index (χ1v) is 12.2. The summed E-state index contributed by atoms with van der Waals surface area (Å²) in [7, 11) is 3.14. The summed E-state index contributed by atoms with van der Waals surface area (Å²) < 4.78 is 12.4. The first-order chi connectivity index (χ1) is 17.6. The van der Waals surface area contributed by atoms with Gasteiger partial charge < -0.3 is 14.8 Å². The number of carbonyl (C=O) groups excluding carboxylic acids is 1. The number of carbonyl (C=O) groups is 1. The van der Waals surface area contributed by atoms with Crippen LogP contribution in [0.15, 0.2) is 88.9 Å². The summed E-state index contributed by atoms with van der Waals surface area (Å²) in [4.78, 5) is 17.9. The van der Waals surface area contributed by atoms with E-state index in [0.29, 0.717) is 38.0 Å². The van der Waals surface area contributed by atoms with Gasteiger partial charge in [-0.3, -0.25) is 4.79 Å². The monoisotopic (exact) mass is 516 g/mol. The van der Waals surface area contributed by atoms with Crippen LogP contribution in [0.1, 0.15) is 5.56 Å². The van der Waals surface area contributed by atoms with E-state index >= 15 is 0 Å². The molecular formula is C27H21ClN4O3S. The smallest absolute Gasteiger partial charge is 0.264 e. The third kappa shape index (κ3) is 4.86. The van der Waals surface area contributed by atoms with Crippen LogP contribution >= 0.6 is 23.4 Å². The van der Waals surface area contributed by atoms with Gasteiger partial charge >= 0.3 is 0 Å². The lowest BCUT2D eigenvalue weighted by atomic mass is 10.1. The van der Waals surface area contributed by atoms with E-state index in [1.807, 2.05) is 60.8 Å². The molecule has 0 spiro atoms. The van der Waals surface area contributed by atoms with Gasteiger partial charge in [0.05, 0.1) is 29.8 Å². The molecule has 3 aromatic carbocycles. The Hall–Kier alpha value is -4.01. The molecule has 180 valence electrons. The first-order valence-electron chi connectivity index (χ1n) is 11.0. The summed E-state index contributed by atoms with van der Waals surface area (Å²) in [5, 5.41) is 8.65. The Balaban J connectivity index is 1.53. The van der Waals surface area contributed by atoms with Crippen molar-refractivity contribution in [2.45, 2.75) is 0 Å². The van der Waals surface area contributed by atoms with E-state index in [4.69, 9.17) is 26.2 Å². The molecule has 1 amide bonds. The Morgan fingerprint density at radius 3 is 2.56 bits per heavy atom. The van der Waals surface area contributed by atoms with Crippen molar-refractivity contribution < 1.29 is 14.3 Å². The molecule has 1 N–H and O–H groups in total. The minimum absolute atomic E-state index is 0.246. The number of hydrogen-bond acceptors (Lipinski definition) is 6. The highest BCUT2D eigenvalue weighted by Gasteiger charge is 2.26. The molecule has 5 rings (SSSR count). The van der Waals surface area contributed by atoms with Crippen LogP contribution in [-0.2, 0) is 4.79 Å². The summed E-state index contributed by atoms with van der Waals surface area (Å²) in [6, 6.07) is 22.6. The van der Waals surface area contributed by atoms with E-state index in [1.165, 1.54) is 11.8 Å². The van der Waals surface area contributed by atoms with Crippen molar-refractivity contribution in [1.29, 1.82) is 0 Å². The van der Waals surface area contributed by atoms with Crippen LogP contribution in [0, 0.1) is 0 Å². The number of para-hydroxylation sites is 1. The molecule has 1 aliphatic heterocycles. The predicted molar refractivity (Wildman–Crippen MR) is 144 cm³/mol. The minimum Gasteiger partial charge on any atom is -0.497 e. The van der Waals surface area contributed by atoms with Gasteiger partial charge in [-0.25, -0.2) is 9.67 Å². The van der Waals surface area contributed by atoms with Crippen LogP contribution in [0.3, 0.4) is 0 Å². The number of nitrogens with one attached hydrogen (secondary N) is 1. The molecule has 0 unspecified atom stereocenters. The second kappa shape index (κ2) is 10.3. The average Bonchev–Trinajstić information content (AvgIpc) is 3.48. The lowest BCUT2D eigenvalue weighted by Crippen LogP contribution is -2.19. The molecule has 0 bridgehead atoms. The summed E-state index contributed by atoms with van der Waals surface area (Å²) in [6.45, 7) is 0. The number of ether oxygens (including phenoxy) is 2. The van der Waals surface area contributed by atoms with Gasteiger partial charge in [0.15, 0.2) is 5.17 Å². The number of amidine groups is 1. The van der Waals surface area contributed by atoms with Crippen molar-refractivity contribution in [2.24, 2.45) is 4.99 Å². The van der Waals surface area contributed by atoms with Gasteiger partial charge in [0.1, 0.15) is 22.9 Å². The molecule has 1 aromatic heterocycles. The Morgan fingerprint density at radius 2 is 1.81 bits per heavy atom. The number of thioether (sulfide) groups is 1. The summed E-state index contributed by atoms with van der Waals surface area (Å²) >= 11 is 7.74. The zero-order valence-electron chi connectivity index (χ0n) is 19.4. The molecule has 7 nitrogen and oxygen atoms in total. The number of amides is 1. The molecule has 0 atom stereocenters. The van der Waals surface area contributed by atoms with E-state index in [9.17, 15) is 4.79 Å². The molecule has 0 aliphatic carbocycles. The molecule has 1 aliphatic rings. The molecule has 1 fully saturated rings. The molecule has 0 saturated carbocycles. The Bertz CT molecular complexity index is 1500. The second-order valence-electron chi connectivity index (χ2n) is 7.71. The highest BCUT2D eigenvalue weighted by Crippen LogP contribution is 2.36. The van der Waals surface area contributed by atoms with E-state index in [1.54, 1.807) is 43.2 Å². The maximum absolute atomic E-state index is 12.8. The SMILES string of the molecule is COc1ccc(N=C2NC(=O)/C(=C\c3cn(-c4ccccc4)nc3-c3ccccc3Cl)S2)c(OC)c1. The fraction of sp³-hybridized carbons (Fsp3) is 0.0741. The van der Waals surface area contributed by atoms with Crippen LogP contribution < -0.4 is 14.8 Å². The number of nitrogens with zero attached hydrogens (tertiary/aromatic N) is 3. The number of hydrogen-bond donors (Lipinski definition) is 1. The van der Waals surface area contributed by atoms with Crippen molar-refractivity contribution in [3.8, 4) is 28.4 Å². The van der Waals surface area contributed by atoms with E-state index in [-0.39, 0.29) is 5.91 Å². The zero-order valence-corrected chi connectivity index (χ0v) is 21.0. The molecule has 4 aromatic rings. The Labute approximate surface area is 217 Å². The van der Waals surface area contributed by atoms with Crippen molar-refractivity contribution >= 4 is 46.2 Å². The highest BCUT2D eigenvalue weighted by molar-refractivity contribution is 8.18. The minimum atomic E-state index is -0.246. The van der Waals surface area contributed by atoms with E-state index in [2.05, 4.69) is 10.3 Å². The molecule has 0 radical (unpaired) electrons. The first kappa shape index (κ1) is 23.7. The second-order valence-corrected chi connectivity index (χ2v) is 9.15. The normalized spacial score (nSPS) is 15.4. The topological polar surface area (TPSA) is 77.7 Å². The number of rotatable bonds is 6. The fourth-order valence-electron chi connectivity index (χ4n) is 3.68. The number of aliphatic imine (C=N–C) groups is 1. The average molecular weight is 517 g/mol. The van der Waals surface area contributed by atoms with Crippen LogP contribution in [0.2, 0.25) is 5.02 Å². The van der Waals surface area contributed by atoms with Gasteiger partial charge in [0, 0.05) is 23.4 Å². The largest absolute Gasteiger partial charge is 0.497 e. The van der Waals surface area contributed by atoms with Gasteiger partial charge in [-0.1, -0.05) is 48.0 Å². The van der Waals surface area contributed by atoms with Crippen molar-refractivity contribution in [3.05, 3.63) is 94.5 Å². The van der Waals surface area contributed by atoms with Crippen LogP contribution in [0.4, 0.5) is 5.69 Å². The lowest BCUT2D eigenvalue weighted by molar-refractivity contribution is -0.115. The van der Waals surface area contributed by atoms with Crippen molar-refractivity contribution in [2.75, 3.05) is 14.2 Å². The van der Waals surface area contributed by atoms with Gasteiger partial charge in [-0.2, -0.15) is 5.10 Å². The van der Waals surface area contributed by atoms with Gasteiger partial charge in [0.25, 0.3) is 5.91 Å². The molecule has 9 heteroatoms. The summed E-state index contributed by atoms with van der Waals surface area (Å²) in [6.07, 6.45) is 3.69. The highest BCUT2D eigenvalue weighted by atomic mass is 35.5. The number of benzene rings is 3. The standard InChI is InChI=1S/C27H21ClN4O3S/c1-34-19-12-13-22(23(15-19)35-2)29-27-30-26(33)24(36-27)14-17-16-32(18-8-4-3-5-9-18)31-25(17)20-10-6-7-11-21(20)28/h3-16H,1-2H3,(H,29,30,33)/b24-14+. The Kier molecular flexibility index (Phi) is 6.79. The lowest BCUT2D eigenvalue weighted by Gasteiger charge is -2.07. The molecule has 2 heterocycles. The van der Waals surface area contributed by atoms with Crippen molar-refractivity contribution in [3.63, 3.8) is 0 Å². The van der Waals surface area contributed by atoms with Crippen molar-refractivity contribution in [1.82, 2.24) is 15.1 Å². The maximum atomic E-state index is 12.8. The third-order valence-corrected chi connectivity index (χ3v) is 6.68. The molecule has 1 saturated heterocycles. The maximum Gasteiger partial charge on any atom is 0.264 e. The summed E-state index contributed by atoms with van der Waals surface area (Å²) in [5.41, 5.74) is 3.69. The Morgan fingerprint density at radius 1 is 1.03 bits per heavy atom. The predicted octanol–water partition coefficient (Wildman–Crippen LogP) is 6.10. The quantitative estimate of drug-likeness (QED) is 0.313. The number of methoxy groups -OCH3 is 2. The fourth-order valence-corrected chi connectivity index (χ4v) is 4.73. The van der Waals surface area contributed by atoms with Gasteiger partial charge in [0.2, 0.25) is 0 Å². The van der Waals surface area contributed by atoms with Crippen LogP contribution in [-0.4, -0.2) is 35.1 Å². The van der Waals surface area contributed by atoms with Crippen LogP contribution in [0.25, 0.3) is 23.0 Å². The number of aromatic nitrogens is 2. The third-order valence-electron chi connectivity index (χ3n) is 5.44. The molecule has 36 heavy (non-hydrogen) atoms. The van der Waals surface area contributed by atoms with E-state index in [0.717, 1.165) is 16.8 Å². The van der Waals surface area contributed by atoms with Gasteiger partial charge in [-0.15, -0.1) is 0 Å². The summed E-state index contributed by atoms with van der Waals surface area (Å²) in [5.74, 6) is 0.949. The molecular weight excluding hydrogens is 496 g/mol.